The third-order valence-corrected chi connectivity index (χ3v) is 3.13. The van der Waals surface area contributed by atoms with Gasteiger partial charge in [-0.3, -0.25) is 0 Å². The van der Waals surface area contributed by atoms with Crippen LogP contribution in [-0.2, 0) is 0 Å². The van der Waals surface area contributed by atoms with Gasteiger partial charge in [0, 0.05) is 0 Å². The monoisotopic (exact) mass is 224 g/mol. The molecular formula is C15H12O2. The van der Waals surface area contributed by atoms with Gasteiger partial charge in [-0.05, 0) is 34.9 Å². The van der Waals surface area contributed by atoms with Crippen LogP contribution in [0.1, 0.15) is 22.6 Å². The van der Waals surface area contributed by atoms with E-state index in [-0.39, 0.29) is 11.7 Å². The molecular weight excluding hydrogens is 212 g/mol. The van der Waals surface area contributed by atoms with E-state index < -0.39 is 0 Å². The number of rotatable bonds is 1. The van der Waals surface area contributed by atoms with E-state index in [1.54, 1.807) is 18.2 Å². The fraction of sp³-hybridized carbons (Fsp3) is 0.0667. The Kier molecular flexibility index (Phi) is 2.15. The molecule has 0 heterocycles. The molecule has 0 saturated carbocycles. The van der Waals surface area contributed by atoms with Gasteiger partial charge in [0.05, 0.1) is 5.92 Å². The van der Waals surface area contributed by atoms with Gasteiger partial charge in [0.15, 0.2) is 0 Å². The molecule has 0 bridgehead atoms. The highest BCUT2D eigenvalue weighted by atomic mass is 16.3. The number of aliphatic hydroxyl groups is 1. The number of fused-ring (bicyclic) bond motifs is 1. The third-order valence-electron chi connectivity index (χ3n) is 3.13. The van der Waals surface area contributed by atoms with Gasteiger partial charge in [0.2, 0.25) is 0 Å². The van der Waals surface area contributed by atoms with E-state index in [1.165, 1.54) is 0 Å². The zero-order valence-electron chi connectivity index (χ0n) is 9.17. The highest BCUT2D eigenvalue weighted by Gasteiger charge is 2.25. The minimum absolute atomic E-state index is 0.105. The average molecular weight is 224 g/mol. The Labute approximate surface area is 99.5 Å². The van der Waals surface area contributed by atoms with Gasteiger partial charge >= 0.3 is 0 Å². The molecule has 0 aliphatic heterocycles. The summed E-state index contributed by atoms with van der Waals surface area (Å²) in [5, 5.41) is 19.3. The number of phenolic OH excluding ortho intramolecular Hbond substituents is 1. The van der Waals surface area contributed by atoms with Crippen LogP contribution in [0.3, 0.4) is 0 Å². The van der Waals surface area contributed by atoms with Gasteiger partial charge in [-0.2, -0.15) is 0 Å². The Morgan fingerprint density at radius 3 is 2.29 bits per heavy atom. The van der Waals surface area contributed by atoms with Crippen molar-refractivity contribution in [3.05, 3.63) is 71.0 Å². The number of aliphatic hydroxyl groups excluding tert-OH is 1. The van der Waals surface area contributed by atoms with Crippen LogP contribution < -0.4 is 0 Å². The van der Waals surface area contributed by atoms with E-state index in [0.717, 1.165) is 16.7 Å². The molecule has 2 heteroatoms. The molecule has 84 valence electrons. The fourth-order valence-corrected chi connectivity index (χ4v) is 2.32. The normalized spacial score (nSPS) is 17.6. The summed E-state index contributed by atoms with van der Waals surface area (Å²) < 4.78 is 0. The molecule has 0 amide bonds. The van der Waals surface area contributed by atoms with E-state index in [1.807, 2.05) is 36.4 Å². The Balaban J connectivity index is 2.10. The molecule has 1 atom stereocenters. The zero-order chi connectivity index (χ0) is 11.8. The topological polar surface area (TPSA) is 40.5 Å². The second-order valence-electron chi connectivity index (χ2n) is 4.22. The van der Waals surface area contributed by atoms with E-state index in [0.29, 0.717) is 5.76 Å². The number of hydrogen-bond donors (Lipinski definition) is 2. The lowest BCUT2D eigenvalue weighted by Gasteiger charge is -2.13. The fourth-order valence-electron chi connectivity index (χ4n) is 2.32. The van der Waals surface area contributed by atoms with Gasteiger partial charge in [-0.25, -0.2) is 0 Å². The summed E-state index contributed by atoms with van der Waals surface area (Å²) in [6.45, 7) is 0. The lowest BCUT2D eigenvalue weighted by atomic mass is 9.92. The van der Waals surface area contributed by atoms with Crippen molar-refractivity contribution < 1.29 is 10.2 Å². The van der Waals surface area contributed by atoms with Crippen molar-refractivity contribution in [3.63, 3.8) is 0 Å². The summed E-state index contributed by atoms with van der Waals surface area (Å²) in [7, 11) is 0. The van der Waals surface area contributed by atoms with E-state index in [4.69, 9.17) is 0 Å². The predicted octanol–water partition coefficient (Wildman–Crippen LogP) is 3.44. The van der Waals surface area contributed by atoms with Crippen molar-refractivity contribution in [2.45, 2.75) is 5.92 Å². The van der Waals surface area contributed by atoms with Crippen LogP contribution in [0, 0.1) is 0 Å². The molecule has 0 aromatic heterocycles. The van der Waals surface area contributed by atoms with Gasteiger partial charge in [0.25, 0.3) is 0 Å². The van der Waals surface area contributed by atoms with Crippen LogP contribution >= 0.6 is 0 Å². The number of hydrogen-bond acceptors (Lipinski definition) is 2. The van der Waals surface area contributed by atoms with Crippen molar-refractivity contribution in [1.29, 1.82) is 0 Å². The smallest absolute Gasteiger partial charge is 0.115 e. The van der Waals surface area contributed by atoms with Gasteiger partial charge in [-0.1, -0.05) is 36.4 Å². The van der Waals surface area contributed by atoms with E-state index >= 15 is 0 Å². The van der Waals surface area contributed by atoms with Crippen LogP contribution in [-0.4, -0.2) is 10.2 Å². The van der Waals surface area contributed by atoms with Crippen molar-refractivity contribution in [1.82, 2.24) is 0 Å². The van der Waals surface area contributed by atoms with Crippen molar-refractivity contribution in [3.8, 4) is 5.75 Å². The number of allylic oxidation sites excluding steroid dienone is 1. The molecule has 2 nitrogen and oxygen atoms in total. The highest BCUT2D eigenvalue weighted by molar-refractivity contribution is 5.67. The largest absolute Gasteiger partial charge is 0.511 e. The van der Waals surface area contributed by atoms with Crippen LogP contribution in [0.25, 0.3) is 6.08 Å². The second-order valence-corrected chi connectivity index (χ2v) is 4.22. The number of phenols is 1. The lowest BCUT2D eigenvalue weighted by molar-refractivity contribution is 0.391. The van der Waals surface area contributed by atoms with Crippen LogP contribution in [0.2, 0.25) is 0 Å². The van der Waals surface area contributed by atoms with Crippen LogP contribution in [0.4, 0.5) is 0 Å². The highest BCUT2D eigenvalue weighted by Crippen LogP contribution is 2.39. The summed E-state index contributed by atoms with van der Waals surface area (Å²) in [4.78, 5) is 0. The van der Waals surface area contributed by atoms with Crippen molar-refractivity contribution in [2.24, 2.45) is 0 Å². The summed E-state index contributed by atoms with van der Waals surface area (Å²) in [5.74, 6) is 0.493. The summed E-state index contributed by atoms with van der Waals surface area (Å²) >= 11 is 0. The second kappa shape index (κ2) is 3.67. The molecule has 1 unspecified atom stereocenters. The predicted molar refractivity (Wildman–Crippen MR) is 67.0 cm³/mol. The minimum atomic E-state index is -0.105. The first-order chi connectivity index (χ1) is 8.25. The first-order valence-electron chi connectivity index (χ1n) is 5.54. The molecule has 0 fully saturated rings. The van der Waals surface area contributed by atoms with Crippen LogP contribution in [0.15, 0.2) is 54.3 Å². The zero-order valence-corrected chi connectivity index (χ0v) is 9.17. The molecule has 0 radical (unpaired) electrons. The van der Waals surface area contributed by atoms with E-state index in [9.17, 15) is 10.2 Å². The molecule has 17 heavy (non-hydrogen) atoms. The van der Waals surface area contributed by atoms with Crippen molar-refractivity contribution in [2.75, 3.05) is 0 Å². The molecule has 0 saturated heterocycles. The molecule has 0 spiro atoms. The maximum absolute atomic E-state index is 10.0. The maximum Gasteiger partial charge on any atom is 0.115 e. The van der Waals surface area contributed by atoms with Gasteiger partial charge in [-0.15, -0.1) is 0 Å². The molecule has 2 aromatic rings. The standard InChI is InChI=1S/C15H12O2/c16-12-7-5-10(6-8-12)15-13-4-2-1-3-11(13)9-14(15)17/h1-9,15-17H. The number of benzene rings is 2. The van der Waals surface area contributed by atoms with Gasteiger partial charge < -0.3 is 10.2 Å². The molecule has 1 aliphatic rings. The van der Waals surface area contributed by atoms with Crippen LogP contribution in [0.5, 0.6) is 5.75 Å². The lowest BCUT2D eigenvalue weighted by Crippen LogP contribution is -2.00. The SMILES string of the molecule is OC1=Cc2ccccc2C1c1ccc(O)cc1. The van der Waals surface area contributed by atoms with Gasteiger partial charge in [0.1, 0.15) is 11.5 Å². The minimum Gasteiger partial charge on any atom is -0.511 e. The Morgan fingerprint density at radius 1 is 0.824 bits per heavy atom. The Hall–Kier alpha value is -2.22. The third kappa shape index (κ3) is 1.58. The summed E-state index contributed by atoms with van der Waals surface area (Å²) in [6.07, 6.45) is 1.80. The molecule has 2 N–H and O–H groups in total. The summed E-state index contributed by atoms with van der Waals surface area (Å²) in [6, 6.07) is 14.9. The molecule has 2 aromatic carbocycles. The maximum atomic E-state index is 10.0. The van der Waals surface area contributed by atoms with E-state index in [2.05, 4.69) is 0 Å². The quantitative estimate of drug-likeness (QED) is 0.779. The Morgan fingerprint density at radius 2 is 1.53 bits per heavy atom. The Bertz CT molecular complexity index is 582. The average Bonchev–Trinajstić information content (AvgIpc) is 2.66. The first kappa shape index (κ1) is 9.97. The number of aromatic hydroxyl groups is 1. The van der Waals surface area contributed by atoms with Crippen molar-refractivity contribution >= 4 is 6.08 Å². The summed E-state index contributed by atoms with van der Waals surface area (Å²) in [5.41, 5.74) is 3.15. The first-order valence-corrected chi connectivity index (χ1v) is 5.54. The molecule has 3 rings (SSSR count). The molecule has 1 aliphatic carbocycles.